The van der Waals surface area contributed by atoms with Crippen LogP contribution in [0.25, 0.3) is 0 Å². The van der Waals surface area contributed by atoms with Gasteiger partial charge in [-0.05, 0) is 61.7 Å². The molecule has 3 rings (SSSR count). The molecule has 1 saturated carbocycles. The SMILES string of the molecule is CCOC(=O)N(C)c1ccc(NC(=O)C2(c3ccc(Cl)cc3)CCCC2)cc1. The molecule has 0 unspecified atom stereocenters. The number of anilines is 2. The zero-order chi connectivity index (χ0) is 20.1. The van der Waals surface area contributed by atoms with Crippen LogP contribution in [0.3, 0.4) is 0 Å². The van der Waals surface area contributed by atoms with Crippen molar-refractivity contribution in [2.24, 2.45) is 0 Å². The molecule has 0 aromatic heterocycles. The van der Waals surface area contributed by atoms with Crippen LogP contribution >= 0.6 is 11.6 Å². The van der Waals surface area contributed by atoms with Crippen molar-refractivity contribution in [3.8, 4) is 0 Å². The molecule has 1 fully saturated rings. The van der Waals surface area contributed by atoms with Crippen LogP contribution in [0.2, 0.25) is 5.02 Å². The number of halogens is 1. The van der Waals surface area contributed by atoms with Crippen LogP contribution < -0.4 is 10.2 Å². The van der Waals surface area contributed by atoms with Crippen LogP contribution in [-0.2, 0) is 14.9 Å². The van der Waals surface area contributed by atoms with E-state index in [9.17, 15) is 9.59 Å². The Morgan fingerprint density at radius 3 is 2.25 bits per heavy atom. The summed E-state index contributed by atoms with van der Waals surface area (Å²) < 4.78 is 5.00. The lowest BCUT2D eigenvalue weighted by molar-refractivity contribution is -0.121. The van der Waals surface area contributed by atoms with Crippen molar-refractivity contribution in [1.82, 2.24) is 0 Å². The number of nitrogens with one attached hydrogen (secondary N) is 1. The summed E-state index contributed by atoms with van der Waals surface area (Å²) in [5.41, 5.74) is 1.88. The number of hydrogen-bond donors (Lipinski definition) is 1. The highest BCUT2D eigenvalue weighted by Gasteiger charge is 2.42. The van der Waals surface area contributed by atoms with Crippen LogP contribution in [-0.4, -0.2) is 25.7 Å². The van der Waals surface area contributed by atoms with Crippen molar-refractivity contribution >= 4 is 35.0 Å². The van der Waals surface area contributed by atoms with E-state index in [2.05, 4.69) is 5.32 Å². The van der Waals surface area contributed by atoms with Crippen molar-refractivity contribution in [3.63, 3.8) is 0 Å². The van der Waals surface area contributed by atoms with Crippen LogP contribution in [0.4, 0.5) is 16.2 Å². The summed E-state index contributed by atoms with van der Waals surface area (Å²) in [7, 11) is 1.65. The number of hydrogen-bond acceptors (Lipinski definition) is 3. The van der Waals surface area contributed by atoms with Gasteiger partial charge in [-0.15, -0.1) is 0 Å². The lowest BCUT2D eigenvalue weighted by atomic mass is 9.78. The second-order valence-electron chi connectivity index (χ2n) is 7.06. The molecule has 0 saturated heterocycles. The first-order valence-electron chi connectivity index (χ1n) is 9.54. The van der Waals surface area contributed by atoms with E-state index in [1.54, 1.807) is 38.2 Å². The Morgan fingerprint density at radius 2 is 1.68 bits per heavy atom. The van der Waals surface area contributed by atoms with Crippen molar-refractivity contribution in [1.29, 1.82) is 0 Å². The zero-order valence-corrected chi connectivity index (χ0v) is 17.0. The third kappa shape index (κ3) is 4.14. The third-order valence-electron chi connectivity index (χ3n) is 5.34. The summed E-state index contributed by atoms with van der Waals surface area (Å²) in [6.45, 7) is 2.09. The first kappa shape index (κ1) is 20.2. The molecule has 1 aliphatic carbocycles. The molecule has 2 aromatic rings. The minimum Gasteiger partial charge on any atom is -0.449 e. The highest BCUT2D eigenvalue weighted by Crippen LogP contribution is 2.42. The maximum atomic E-state index is 13.2. The summed E-state index contributed by atoms with van der Waals surface area (Å²) in [6, 6.07) is 14.7. The fraction of sp³-hybridized carbons (Fsp3) is 0.364. The van der Waals surface area contributed by atoms with Gasteiger partial charge < -0.3 is 10.1 Å². The zero-order valence-electron chi connectivity index (χ0n) is 16.2. The van der Waals surface area contributed by atoms with E-state index in [-0.39, 0.29) is 5.91 Å². The van der Waals surface area contributed by atoms with Gasteiger partial charge in [0.2, 0.25) is 5.91 Å². The lowest BCUT2D eigenvalue weighted by Gasteiger charge is -2.28. The molecular formula is C22H25ClN2O3. The summed E-state index contributed by atoms with van der Waals surface area (Å²) >= 11 is 6.02. The average molecular weight is 401 g/mol. The molecule has 28 heavy (non-hydrogen) atoms. The number of carbonyl (C=O) groups excluding carboxylic acids is 2. The van der Waals surface area contributed by atoms with Crippen LogP contribution in [0, 0.1) is 0 Å². The fourth-order valence-corrected chi connectivity index (χ4v) is 3.87. The molecule has 2 amide bonds. The van der Waals surface area contributed by atoms with Crippen molar-refractivity contribution < 1.29 is 14.3 Å². The van der Waals surface area contributed by atoms with E-state index in [1.165, 1.54) is 4.90 Å². The van der Waals surface area contributed by atoms with E-state index in [0.29, 0.717) is 23.0 Å². The number of ether oxygens (including phenoxy) is 1. The average Bonchev–Trinajstić information content (AvgIpc) is 3.20. The molecule has 1 aliphatic rings. The number of rotatable bonds is 5. The Bertz CT molecular complexity index is 828. The predicted molar refractivity (Wildman–Crippen MR) is 112 cm³/mol. The molecule has 0 atom stereocenters. The summed E-state index contributed by atoms with van der Waals surface area (Å²) in [4.78, 5) is 26.5. The molecule has 0 aliphatic heterocycles. The minimum atomic E-state index is -0.523. The Morgan fingerprint density at radius 1 is 1.07 bits per heavy atom. The first-order chi connectivity index (χ1) is 13.5. The van der Waals surface area contributed by atoms with Gasteiger partial charge in [0.1, 0.15) is 0 Å². The van der Waals surface area contributed by atoms with Gasteiger partial charge in [0.15, 0.2) is 0 Å². The van der Waals surface area contributed by atoms with Gasteiger partial charge in [-0.1, -0.05) is 36.6 Å². The van der Waals surface area contributed by atoms with E-state index in [0.717, 1.165) is 31.2 Å². The van der Waals surface area contributed by atoms with Gasteiger partial charge in [0, 0.05) is 23.4 Å². The van der Waals surface area contributed by atoms with Crippen LogP contribution in [0.15, 0.2) is 48.5 Å². The van der Waals surface area contributed by atoms with Crippen molar-refractivity contribution in [2.75, 3.05) is 23.9 Å². The highest BCUT2D eigenvalue weighted by molar-refractivity contribution is 6.30. The molecular weight excluding hydrogens is 376 g/mol. The highest BCUT2D eigenvalue weighted by atomic mass is 35.5. The monoisotopic (exact) mass is 400 g/mol. The second kappa shape index (κ2) is 8.65. The van der Waals surface area contributed by atoms with E-state index < -0.39 is 11.5 Å². The van der Waals surface area contributed by atoms with Crippen molar-refractivity contribution in [2.45, 2.75) is 38.0 Å². The molecule has 0 heterocycles. The second-order valence-corrected chi connectivity index (χ2v) is 7.49. The van der Waals surface area contributed by atoms with Gasteiger partial charge in [0.05, 0.1) is 12.0 Å². The normalized spacial score (nSPS) is 15.1. The van der Waals surface area contributed by atoms with E-state index in [1.807, 2.05) is 24.3 Å². The lowest BCUT2D eigenvalue weighted by Crippen LogP contribution is -2.38. The van der Waals surface area contributed by atoms with Gasteiger partial charge >= 0.3 is 6.09 Å². The summed E-state index contributed by atoms with van der Waals surface area (Å²) in [5.74, 6) is -0.00109. The molecule has 2 aromatic carbocycles. The standard InChI is InChI=1S/C22H25ClN2O3/c1-3-28-21(27)25(2)19-12-10-18(11-13-19)24-20(26)22(14-4-5-15-22)16-6-8-17(23)9-7-16/h6-13H,3-5,14-15H2,1-2H3,(H,24,26). The molecule has 6 heteroatoms. The molecule has 5 nitrogen and oxygen atoms in total. The topological polar surface area (TPSA) is 58.6 Å². The predicted octanol–water partition coefficient (Wildman–Crippen LogP) is 5.38. The molecule has 0 bridgehead atoms. The molecule has 148 valence electrons. The summed E-state index contributed by atoms with van der Waals surface area (Å²) in [5, 5.41) is 3.72. The Balaban J connectivity index is 1.76. The van der Waals surface area contributed by atoms with Gasteiger partial charge in [-0.2, -0.15) is 0 Å². The number of benzene rings is 2. The van der Waals surface area contributed by atoms with Crippen LogP contribution in [0.5, 0.6) is 0 Å². The number of nitrogens with zero attached hydrogens (tertiary/aromatic N) is 1. The summed E-state index contributed by atoms with van der Waals surface area (Å²) in [6.07, 6.45) is 3.29. The smallest absolute Gasteiger partial charge is 0.413 e. The fourth-order valence-electron chi connectivity index (χ4n) is 3.74. The van der Waals surface area contributed by atoms with Crippen LogP contribution in [0.1, 0.15) is 38.2 Å². The molecule has 1 N–H and O–H groups in total. The number of carbonyl (C=O) groups is 2. The number of amides is 2. The van der Waals surface area contributed by atoms with E-state index in [4.69, 9.17) is 16.3 Å². The molecule has 0 radical (unpaired) electrons. The Labute approximate surface area is 170 Å². The molecule has 0 spiro atoms. The van der Waals surface area contributed by atoms with Gasteiger partial charge in [0.25, 0.3) is 0 Å². The minimum absolute atomic E-state index is 0.00109. The Hall–Kier alpha value is -2.53. The van der Waals surface area contributed by atoms with Crippen molar-refractivity contribution in [3.05, 3.63) is 59.1 Å². The van der Waals surface area contributed by atoms with E-state index >= 15 is 0 Å². The quantitative estimate of drug-likeness (QED) is 0.732. The Kier molecular flexibility index (Phi) is 6.25. The third-order valence-corrected chi connectivity index (χ3v) is 5.59. The van der Waals surface area contributed by atoms with Gasteiger partial charge in [-0.3, -0.25) is 9.69 Å². The maximum Gasteiger partial charge on any atom is 0.413 e. The largest absolute Gasteiger partial charge is 0.449 e. The first-order valence-corrected chi connectivity index (χ1v) is 9.92. The van der Waals surface area contributed by atoms with Gasteiger partial charge in [-0.25, -0.2) is 4.79 Å². The maximum absolute atomic E-state index is 13.2.